The van der Waals surface area contributed by atoms with E-state index in [1.54, 1.807) is 0 Å². The number of hydrogen-bond donors (Lipinski definition) is 1. The van der Waals surface area contributed by atoms with E-state index in [1.165, 1.54) is 32.6 Å². The lowest BCUT2D eigenvalue weighted by molar-refractivity contribution is 0.0565. The van der Waals surface area contributed by atoms with Crippen LogP contribution in [0.25, 0.3) is 0 Å². The van der Waals surface area contributed by atoms with Crippen LogP contribution in [0.2, 0.25) is 0 Å². The molecule has 1 saturated carbocycles. The maximum Gasteiger partial charge on any atom is 0.116 e. The van der Waals surface area contributed by atoms with Gasteiger partial charge in [-0.05, 0) is 43.9 Å². The first-order chi connectivity index (χ1) is 8.45. The molecule has 4 unspecified atom stereocenters. The smallest absolute Gasteiger partial charge is 0.116 e. The van der Waals surface area contributed by atoms with Crippen LogP contribution in [0, 0.1) is 35.0 Å². The summed E-state index contributed by atoms with van der Waals surface area (Å²) in [6.45, 7) is 5.76. The van der Waals surface area contributed by atoms with Crippen molar-refractivity contribution in [3.05, 3.63) is 0 Å². The van der Waals surface area contributed by atoms with Crippen LogP contribution in [0.5, 0.6) is 0 Å². The van der Waals surface area contributed by atoms with Gasteiger partial charge in [-0.3, -0.25) is 0 Å². The normalized spacial score (nSPS) is 31.1. The number of halogens is 1. The van der Waals surface area contributed by atoms with Crippen molar-refractivity contribution in [2.24, 2.45) is 23.7 Å². The quantitative estimate of drug-likeness (QED) is 0.814. The predicted octanol–water partition coefficient (Wildman–Crippen LogP) is 3.70. The van der Waals surface area contributed by atoms with E-state index < -0.39 is 18.2 Å². The van der Waals surface area contributed by atoms with Crippen LogP contribution >= 0.6 is 0 Å². The molecule has 0 aromatic heterocycles. The summed E-state index contributed by atoms with van der Waals surface area (Å²) in [4.78, 5) is 0. The van der Waals surface area contributed by atoms with Gasteiger partial charge in [-0.1, -0.05) is 26.7 Å². The van der Waals surface area contributed by atoms with Crippen molar-refractivity contribution in [2.45, 2.75) is 65.2 Å². The van der Waals surface area contributed by atoms with Crippen LogP contribution in [0.4, 0.5) is 4.39 Å². The van der Waals surface area contributed by atoms with Gasteiger partial charge >= 0.3 is 0 Å². The zero-order chi connectivity index (χ0) is 13.7. The average Bonchev–Trinajstić information content (AvgIpc) is 2.29. The standard InChI is InChI=1S/C15H26FNO/c1-10-4-6-13(7-5-10)11(2)8-15(18)14(9-17)12(3)16/h10-15,18H,4-8H2,1-3H3. The molecule has 0 aromatic rings. The van der Waals surface area contributed by atoms with Gasteiger partial charge in [0.1, 0.15) is 12.1 Å². The zero-order valence-electron chi connectivity index (χ0n) is 11.8. The highest BCUT2D eigenvalue weighted by molar-refractivity contribution is 4.93. The third-order valence-corrected chi connectivity index (χ3v) is 4.54. The van der Waals surface area contributed by atoms with Crippen LogP contribution in [-0.2, 0) is 0 Å². The van der Waals surface area contributed by atoms with E-state index in [0.717, 1.165) is 5.92 Å². The molecule has 0 saturated heterocycles. The first-order valence-electron chi connectivity index (χ1n) is 7.17. The lowest BCUT2D eigenvalue weighted by Crippen LogP contribution is -2.30. The zero-order valence-corrected chi connectivity index (χ0v) is 11.8. The van der Waals surface area contributed by atoms with Gasteiger partial charge in [0.2, 0.25) is 0 Å². The number of aliphatic hydroxyl groups excluding tert-OH is 1. The second-order valence-corrected chi connectivity index (χ2v) is 6.13. The molecular weight excluding hydrogens is 229 g/mol. The van der Waals surface area contributed by atoms with Gasteiger partial charge in [-0.2, -0.15) is 5.26 Å². The fourth-order valence-corrected chi connectivity index (χ4v) is 3.07. The Labute approximate surface area is 110 Å². The molecule has 0 radical (unpaired) electrons. The summed E-state index contributed by atoms with van der Waals surface area (Å²) in [6, 6.07) is 1.89. The van der Waals surface area contributed by atoms with Crippen molar-refractivity contribution >= 4 is 0 Å². The molecule has 0 aromatic carbocycles. The van der Waals surface area contributed by atoms with E-state index in [9.17, 15) is 9.50 Å². The van der Waals surface area contributed by atoms with Crippen LogP contribution in [0.15, 0.2) is 0 Å². The van der Waals surface area contributed by atoms with E-state index in [2.05, 4.69) is 13.8 Å². The highest BCUT2D eigenvalue weighted by atomic mass is 19.1. The molecule has 1 aliphatic rings. The number of rotatable bonds is 5. The molecule has 104 valence electrons. The maximum atomic E-state index is 13.2. The van der Waals surface area contributed by atoms with E-state index in [1.807, 2.05) is 6.07 Å². The first-order valence-corrected chi connectivity index (χ1v) is 7.17. The molecule has 1 fully saturated rings. The fraction of sp³-hybridized carbons (Fsp3) is 0.933. The SMILES string of the molecule is CC1CCC(C(C)CC(O)C(C#N)C(C)F)CC1. The summed E-state index contributed by atoms with van der Waals surface area (Å²) in [7, 11) is 0. The highest BCUT2D eigenvalue weighted by Gasteiger charge is 2.30. The Balaban J connectivity index is 2.44. The number of nitriles is 1. The summed E-state index contributed by atoms with van der Waals surface area (Å²) in [5.74, 6) is 0.943. The summed E-state index contributed by atoms with van der Waals surface area (Å²) in [5, 5.41) is 18.8. The van der Waals surface area contributed by atoms with E-state index in [0.29, 0.717) is 18.3 Å². The summed E-state index contributed by atoms with van der Waals surface area (Å²) in [5.41, 5.74) is 0. The monoisotopic (exact) mass is 255 g/mol. The Morgan fingerprint density at radius 2 is 1.83 bits per heavy atom. The molecule has 1 rings (SSSR count). The fourth-order valence-electron chi connectivity index (χ4n) is 3.07. The molecule has 0 bridgehead atoms. The van der Waals surface area contributed by atoms with Crippen LogP contribution in [0.1, 0.15) is 52.9 Å². The van der Waals surface area contributed by atoms with Crippen molar-refractivity contribution in [1.29, 1.82) is 5.26 Å². The Morgan fingerprint density at radius 3 is 2.28 bits per heavy atom. The topological polar surface area (TPSA) is 44.0 Å². The van der Waals surface area contributed by atoms with E-state index >= 15 is 0 Å². The van der Waals surface area contributed by atoms with Crippen molar-refractivity contribution in [2.75, 3.05) is 0 Å². The molecule has 4 atom stereocenters. The van der Waals surface area contributed by atoms with Gasteiger partial charge < -0.3 is 5.11 Å². The molecule has 3 heteroatoms. The van der Waals surface area contributed by atoms with Crippen LogP contribution < -0.4 is 0 Å². The molecule has 2 nitrogen and oxygen atoms in total. The van der Waals surface area contributed by atoms with Gasteiger partial charge in [-0.15, -0.1) is 0 Å². The minimum atomic E-state index is -1.26. The van der Waals surface area contributed by atoms with Crippen molar-refractivity contribution in [1.82, 2.24) is 0 Å². The number of hydrogen-bond acceptors (Lipinski definition) is 2. The minimum Gasteiger partial charge on any atom is -0.392 e. The summed E-state index contributed by atoms with van der Waals surface area (Å²) >= 11 is 0. The van der Waals surface area contributed by atoms with Crippen LogP contribution in [0.3, 0.4) is 0 Å². The van der Waals surface area contributed by atoms with Crippen LogP contribution in [-0.4, -0.2) is 17.4 Å². The summed E-state index contributed by atoms with van der Waals surface area (Å²) in [6.07, 6.45) is 3.38. The van der Waals surface area contributed by atoms with Gasteiger partial charge in [0.25, 0.3) is 0 Å². The van der Waals surface area contributed by atoms with Gasteiger partial charge in [0.05, 0.1) is 12.2 Å². The van der Waals surface area contributed by atoms with Gasteiger partial charge in [0.15, 0.2) is 0 Å². The predicted molar refractivity (Wildman–Crippen MR) is 70.6 cm³/mol. The Morgan fingerprint density at radius 1 is 1.28 bits per heavy atom. The van der Waals surface area contributed by atoms with E-state index in [-0.39, 0.29) is 0 Å². The average molecular weight is 255 g/mol. The number of aliphatic hydroxyl groups is 1. The van der Waals surface area contributed by atoms with Gasteiger partial charge in [-0.25, -0.2) is 4.39 Å². The Bertz CT molecular complexity index is 279. The second kappa shape index (κ2) is 7.09. The van der Waals surface area contributed by atoms with Crippen molar-refractivity contribution < 1.29 is 9.50 Å². The Hall–Kier alpha value is -0.620. The molecular formula is C15H26FNO. The third-order valence-electron chi connectivity index (χ3n) is 4.54. The maximum absolute atomic E-state index is 13.2. The lowest BCUT2D eigenvalue weighted by Gasteiger charge is -2.32. The second-order valence-electron chi connectivity index (χ2n) is 6.13. The molecule has 0 aliphatic heterocycles. The number of alkyl halides is 1. The molecule has 0 amide bonds. The third kappa shape index (κ3) is 4.24. The number of nitrogens with zero attached hydrogens (tertiary/aromatic N) is 1. The first kappa shape index (κ1) is 15.4. The molecule has 0 heterocycles. The van der Waals surface area contributed by atoms with Gasteiger partial charge in [0, 0.05) is 0 Å². The van der Waals surface area contributed by atoms with Crippen molar-refractivity contribution in [3.8, 4) is 6.07 Å². The van der Waals surface area contributed by atoms with E-state index in [4.69, 9.17) is 5.26 Å². The molecule has 1 aliphatic carbocycles. The molecule has 1 N–H and O–H groups in total. The molecule has 0 spiro atoms. The lowest BCUT2D eigenvalue weighted by atomic mass is 9.74. The molecule has 18 heavy (non-hydrogen) atoms. The highest BCUT2D eigenvalue weighted by Crippen LogP contribution is 2.35. The Kier molecular flexibility index (Phi) is 6.08. The minimum absolute atomic E-state index is 0.377. The largest absolute Gasteiger partial charge is 0.392 e. The van der Waals surface area contributed by atoms with Crippen molar-refractivity contribution in [3.63, 3.8) is 0 Å². The summed E-state index contributed by atoms with van der Waals surface area (Å²) < 4.78 is 13.2.